The predicted molar refractivity (Wildman–Crippen MR) is 91.4 cm³/mol. The number of ether oxygens (including phenoxy) is 1. The monoisotopic (exact) mass is 316 g/mol. The zero-order valence-corrected chi connectivity index (χ0v) is 13.3. The van der Waals surface area contributed by atoms with Crippen molar-refractivity contribution in [3.8, 4) is 5.88 Å². The molecule has 122 valence electrons. The third-order valence-corrected chi connectivity index (χ3v) is 3.24. The van der Waals surface area contributed by atoms with Crippen LogP contribution < -0.4 is 9.64 Å². The van der Waals surface area contributed by atoms with Gasteiger partial charge in [-0.15, -0.1) is 0 Å². The van der Waals surface area contributed by atoms with Crippen LogP contribution in [0.2, 0.25) is 0 Å². The summed E-state index contributed by atoms with van der Waals surface area (Å²) in [5.74, 6) is 0.366. The van der Waals surface area contributed by atoms with Gasteiger partial charge in [0.15, 0.2) is 0 Å². The van der Waals surface area contributed by atoms with Gasteiger partial charge in [-0.2, -0.15) is 0 Å². The second-order valence-electron chi connectivity index (χ2n) is 5.37. The Bertz CT molecular complexity index is 624. The minimum atomic E-state index is -1.11. The smallest absolute Gasteiger partial charge is 0.213 e. The molecular formula is C18H21FN2O2. The Labute approximate surface area is 135 Å². The maximum absolute atomic E-state index is 12.1. The van der Waals surface area contributed by atoms with E-state index in [0.717, 1.165) is 16.8 Å². The Morgan fingerprint density at radius 1 is 1.13 bits per heavy atom. The van der Waals surface area contributed by atoms with E-state index < -0.39 is 12.8 Å². The fourth-order valence-corrected chi connectivity index (χ4v) is 1.88. The van der Waals surface area contributed by atoms with Crippen LogP contribution in [0, 0.1) is 0 Å². The van der Waals surface area contributed by atoms with Crippen LogP contribution in [0.1, 0.15) is 11.1 Å². The molecule has 0 bridgehead atoms. The molecule has 0 amide bonds. The molecule has 0 fully saturated rings. The van der Waals surface area contributed by atoms with E-state index in [2.05, 4.69) is 34.1 Å². The molecule has 0 saturated carbocycles. The van der Waals surface area contributed by atoms with Crippen molar-refractivity contribution in [2.75, 3.05) is 32.3 Å². The SMILES string of the molecule is CN(C)c1ccc(C=Cc2ccc(OCC(O)CF)nc2)cc1. The Morgan fingerprint density at radius 2 is 1.78 bits per heavy atom. The first-order valence-corrected chi connectivity index (χ1v) is 7.37. The lowest BCUT2D eigenvalue weighted by atomic mass is 10.1. The highest BCUT2D eigenvalue weighted by atomic mass is 19.1. The van der Waals surface area contributed by atoms with Crippen molar-refractivity contribution >= 4 is 17.8 Å². The normalized spacial score (nSPS) is 12.3. The summed E-state index contributed by atoms with van der Waals surface area (Å²) in [6, 6.07) is 11.8. The van der Waals surface area contributed by atoms with Crippen LogP contribution in [-0.2, 0) is 0 Å². The first-order valence-electron chi connectivity index (χ1n) is 7.37. The van der Waals surface area contributed by atoms with Gasteiger partial charge in [0.05, 0.1) is 0 Å². The number of rotatable bonds is 7. The molecule has 2 rings (SSSR count). The van der Waals surface area contributed by atoms with Gasteiger partial charge in [0.1, 0.15) is 19.4 Å². The molecule has 1 unspecified atom stereocenters. The summed E-state index contributed by atoms with van der Waals surface area (Å²) in [5.41, 5.74) is 3.18. The molecular weight excluding hydrogens is 295 g/mol. The molecule has 1 N–H and O–H groups in total. The molecule has 4 nitrogen and oxygen atoms in total. The third kappa shape index (κ3) is 5.38. The number of pyridine rings is 1. The first-order chi connectivity index (χ1) is 11.1. The highest BCUT2D eigenvalue weighted by molar-refractivity contribution is 5.70. The molecule has 1 aromatic carbocycles. The van der Waals surface area contributed by atoms with Gasteiger partial charge in [-0.1, -0.05) is 24.3 Å². The van der Waals surface area contributed by atoms with E-state index in [4.69, 9.17) is 9.84 Å². The van der Waals surface area contributed by atoms with Crippen LogP contribution in [0.5, 0.6) is 5.88 Å². The van der Waals surface area contributed by atoms with Crippen LogP contribution in [0.3, 0.4) is 0 Å². The lowest BCUT2D eigenvalue weighted by Crippen LogP contribution is -2.19. The number of alkyl halides is 1. The number of hydrogen-bond acceptors (Lipinski definition) is 4. The van der Waals surface area contributed by atoms with Crippen molar-refractivity contribution in [2.24, 2.45) is 0 Å². The summed E-state index contributed by atoms with van der Waals surface area (Å²) >= 11 is 0. The summed E-state index contributed by atoms with van der Waals surface area (Å²) < 4.78 is 17.3. The van der Waals surface area contributed by atoms with E-state index in [1.807, 2.05) is 32.3 Å². The summed E-state index contributed by atoms with van der Waals surface area (Å²) in [6.45, 7) is -0.926. The number of anilines is 1. The van der Waals surface area contributed by atoms with Gasteiger partial charge in [-0.25, -0.2) is 9.37 Å². The van der Waals surface area contributed by atoms with Gasteiger partial charge in [0, 0.05) is 32.0 Å². The number of aliphatic hydroxyl groups excluding tert-OH is 1. The highest BCUT2D eigenvalue weighted by Gasteiger charge is 2.04. The van der Waals surface area contributed by atoms with Crippen molar-refractivity contribution < 1.29 is 14.2 Å². The van der Waals surface area contributed by atoms with Crippen LogP contribution in [-0.4, -0.2) is 43.6 Å². The van der Waals surface area contributed by atoms with E-state index in [-0.39, 0.29) is 6.61 Å². The van der Waals surface area contributed by atoms with E-state index in [1.54, 1.807) is 12.3 Å². The Balaban J connectivity index is 1.94. The lowest BCUT2D eigenvalue weighted by molar-refractivity contribution is 0.0821. The Kier molecular flexibility index (Phi) is 6.11. The fourth-order valence-electron chi connectivity index (χ4n) is 1.88. The van der Waals surface area contributed by atoms with E-state index in [1.165, 1.54) is 0 Å². The number of aromatic nitrogens is 1. The van der Waals surface area contributed by atoms with Gasteiger partial charge in [0.2, 0.25) is 5.88 Å². The van der Waals surface area contributed by atoms with Crippen LogP contribution in [0.15, 0.2) is 42.6 Å². The van der Waals surface area contributed by atoms with Gasteiger partial charge in [0.25, 0.3) is 0 Å². The Hall–Kier alpha value is -2.40. The average molecular weight is 316 g/mol. The second kappa shape index (κ2) is 8.29. The average Bonchev–Trinajstić information content (AvgIpc) is 2.59. The zero-order valence-electron chi connectivity index (χ0n) is 13.3. The summed E-state index contributed by atoms with van der Waals surface area (Å²) in [6.07, 6.45) is 4.52. The molecule has 0 aliphatic carbocycles. The van der Waals surface area contributed by atoms with Crippen LogP contribution in [0.4, 0.5) is 10.1 Å². The zero-order chi connectivity index (χ0) is 16.7. The highest BCUT2D eigenvalue weighted by Crippen LogP contribution is 2.15. The van der Waals surface area contributed by atoms with Crippen molar-refractivity contribution in [3.63, 3.8) is 0 Å². The molecule has 0 radical (unpaired) electrons. The van der Waals surface area contributed by atoms with Gasteiger partial charge < -0.3 is 14.7 Å². The number of nitrogens with zero attached hydrogens (tertiary/aromatic N) is 2. The summed E-state index contributed by atoms with van der Waals surface area (Å²) in [5, 5.41) is 9.10. The predicted octanol–water partition coefficient (Wildman–Crippen LogP) is 3.03. The largest absolute Gasteiger partial charge is 0.475 e. The fraction of sp³-hybridized carbons (Fsp3) is 0.278. The Morgan fingerprint density at radius 3 is 2.35 bits per heavy atom. The molecule has 0 aliphatic heterocycles. The number of hydrogen-bond donors (Lipinski definition) is 1. The lowest BCUT2D eigenvalue weighted by Gasteiger charge is -2.11. The topological polar surface area (TPSA) is 45.6 Å². The molecule has 0 spiro atoms. The molecule has 0 saturated heterocycles. The summed E-state index contributed by atoms with van der Waals surface area (Å²) in [7, 11) is 4.01. The molecule has 0 aliphatic rings. The van der Waals surface area contributed by atoms with E-state index >= 15 is 0 Å². The molecule has 1 heterocycles. The third-order valence-electron chi connectivity index (χ3n) is 3.24. The molecule has 1 aromatic heterocycles. The van der Waals surface area contributed by atoms with Gasteiger partial charge in [-0.3, -0.25) is 0 Å². The second-order valence-corrected chi connectivity index (χ2v) is 5.37. The summed E-state index contributed by atoms with van der Waals surface area (Å²) in [4.78, 5) is 6.17. The standard InChI is InChI=1S/C18H21FN2O2/c1-21(2)16-8-5-14(6-9-16)3-4-15-7-10-18(20-12-15)23-13-17(22)11-19/h3-10,12,17,22H,11,13H2,1-2H3. The van der Waals surface area contributed by atoms with E-state index in [9.17, 15) is 4.39 Å². The van der Waals surface area contributed by atoms with Crippen molar-refractivity contribution in [1.29, 1.82) is 0 Å². The van der Waals surface area contributed by atoms with Gasteiger partial charge in [-0.05, 0) is 29.3 Å². The van der Waals surface area contributed by atoms with Crippen LogP contribution in [0.25, 0.3) is 12.2 Å². The number of benzene rings is 1. The van der Waals surface area contributed by atoms with Gasteiger partial charge >= 0.3 is 0 Å². The van der Waals surface area contributed by atoms with E-state index in [0.29, 0.717) is 5.88 Å². The first kappa shape index (κ1) is 17.0. The number of aliphatic hydroxyl groups is 1. The maximum atomic E-state index is 12.1. The maximum Gasteiger partial charge on any atom is 0.213 e. The molecule has 23 heavy (non-hydrogen) atoms. The number of halogens is 1. The van der Waals surface area contributed by atoms with Crippen molar-refractivity contribution in [2.45, 2.75) is 6.10 Å². The molecule has 5 heteroatoms. The minimum Gasteiger partial charge on any atom is -0.475 e. The quantitative estimate of drug-likeness (QED) is 0.853. The molecule has 1 atom stereocenters. The van der Waals surface area contributed by atoms with Crippen LogP contribution >= 0.6 is 0 Å². The van der Waals surface area contributed by atoms with Crippen molar-refractivity contribution in [3.05, 3.63) is 53.7 Å². The minimum absolute atomic E-state index is 0.100. The molecule has 2 aromatic rings. The van der Waals surface area contributed by atoms with Crippen molar-refractivity contribution in [1.82, 2.24) is 4.98 Å².